The van der Waals surface area contributed by atoms with E-state index in [9.17, 15) is 0 Å². The maximum Gasteiger partial charge on any atom is 0.133 e. The number of hydrogen-bond acceptors (Lipinski definition) is 3. The first-order chi connectivity index (χ1) is 9.93. The number of aromatic nitrogens is 4. The lowest BCUT2D eigenvalue weighted by molar-refractivity contribution is 0.387. The summed E-state index contributed by atoms with van der Waals surface area (Å²) in [7, 11) is 0. The van der Waals surface area contributed by atoms with E-state index in [0.29, 0.717) is 6.04 Å². The van der Waals surface area contributed by atoms with E-state index in [1.807, 2.05) is 12.5 Å². The summed E-state index contributed by atoms with van der Waals surface area (Å²) in [5.74, 6) is 1.83. The molecule has 2 heterocycles. The molecule has 0 aromatic carbocycles. The molecule has 2 aromatic rings. The van der Waals surface area contributed by atoms with Crippen LogP contribution in [0.5, 0.6) is 0 Å². The lowest BCUT2D eigenvalue weighted by Gasteiger charge is -2.25. The van der Waals surface area contributed by atoms with E-state index >= 15 is 0 Å². The summed E-state index contributed by atoms with van der Waals surface area (Å²) in [6.45, 7) is 8.69. The summed E-state index contributed by atoms with van der Waals surface area (Å²) in [6, 6.07) is 0.580. The van der Waals surface area contributed by atoms with Crippen molar-refractivity contribution in [1.29, 1.82) is 0 Å². The number of rotatable bonds is 4. The molecular weight excluding hydrogens is 262 g/mol. The van der Waals surface area contributed by atoms with Gasteiger partial charge in [-0.3, -0.25) is 0 Å². The predicted octanol–water partition coefficient (Wildman–Crippen LogP) is 3.37. The Labute approximate surface area is 126 Å². The Hall–Kier alpha value is -1.78. The molecule has 0 radical (unpaired) electrons. The molecular formula is C16H25N5. The van der Waals surface area contributed by atoms with Gasteiger partial charge in [0, 0.05) is 18.0 Å². The van der Waals surface area contributed by atoms with Gasteiger partial charge in [0.15, 0.2) is 0 Å². The average molecular weight is 287 g/mol. The molecule has 0 bridgehead atoms. The van der Waals surface area contributed by atoms with Gasteiger partial charge in [-0.15, -0.1) is 0 Å². The van der Waals surface area contributed by atoms with Crippen molar-refractivity contribution in [2.75, 3.05) is 5.73 Å². The Morgan fingerprint density at radius 2 is 2.05 bits per heavy atom. The Kier molecular flexibility index (Phi) is 3.30. The van der Waals surface area contributed by atoms with E-state index in [4.69, 9.17) is 10.7 Å². The zero-order valence-corrected chi connectivity index (χ0v) is 13.4. The summed E-state index contributed by atoms with van der Waals surface area (Å²) >= 11 is 0. The maximum absolute atomic E-state index is 6.46. The monoisotopic (exact) mass is 287 g/mol. The number of imidazole rings is 2. The van der Waals surface area contributed by atoms with Gasteiger partial charge in [0.25, 0.3) is 0 Å². The van der Waals surface area contributed by atoms with Crippen LogP contribution in [0.3, 0.4) is 0 Å². The van der Waals surface area contributed by atoms with Crippen LogP contribution in [-0.4, -0.2) is 19.1 Å². The van der Waals surface area contributed by atoms with Crippen molar-refractivity contribution in [2.45, 2.75) is 65.0 Å². The van der Waals surface area contributed by atoms with Crippen LogP contribution in [0.2, 0.25) is 0 Å². The third kappa shape index (κ3) is 2.45. The van der Waals surface area contributed by atoms with Gasteiger partial charge in [-0.1, -0.05) is 6.92 Å². The predicted molar refractivity (Wildman–Crippen MR) is 85.1 cm³/mol. The van der Waals surface area contributed by atoms with Crippen LogP contribution in [0.15, 0.2) is 12.5 Å². The summed E-state index contributed by atoms with van der Waals surface area (Å²) < 4.78 is 4.40. The van der Waals surface area contributed by atoms with Crippen molar-refractivity contribution < 1.29 is 0 Å². The molecule has 0 aliphatic heterocycles. The normalized spacial score (nSPS) is 15.6. The topological polar surface area (TPSA) is 61.7 Å². The molecule has 0 amide bonds. The van der Waals surface area contributed by atoms with E-state index in [0.717, 1.165) is 35.9 Å². The molecule has 2 aromatic heterocycles. The first-order valence-electron chi connectivity index (χ1n) is 7.83. The molecule has 0 saturated heterocycles. The van der Waals surface area contributed by atoms with Gasteiger partial charge in [-0.2, -0.15) is 0 Å². The molecule has 3 rings (SSSR count). The maximum atomic E-state index is 6.46. The molecule has 1 saturated carbocycles. The number of hydrogen-bond donors (Lipinski definition) is 1. The molecule has 5 nitrogen and oxygen atoms in total. The van der Waals surface area contributed by atoms with Crippen molar-refractivity contribution in [3.63, 3.8) is 0 Å². The van der Waals surface area contributed by atoms with Crippen molar-refractivity contribution in [3.8, 4) is 11.4 Å². The molecule has 0 spiro atoms. The van der Waals surface area contributed by atoms with Gasteiger partial charge in [0.1, 0.15) is 17.3 Å². The zero-order chi connectivity index (χ0) is 15.2. The number of anilines is 1. The first kappa shape index (κ1) is 14.2. The number of nitrogens with zero attached hydrogens (tertiary/aromatic N) is 4. The molecule has 1 aliphatic rings. The third-order valence-electron chi connectivity index (χ3n) is 3.98. The SMILES string of the molecule is CCCc1nc(-c2cncn2C2CC2)c(N)n1C(C)(C)C. The highest BCUT2D eigenvalue weighted by Crippen LogP contribution is 2.40. The summed E-state index contributed by atoms with van der Waals surface area (Å²) in [4.78, 5) is 9.16. The van der Waals surface area contributed by atoms with Crippen molar-refractivity contribution >= 4 is 5.82 Å². The van der Waals surface area contributed by atoms with Gasteiger partial charge in [-0.25, -0.2) is 9.97 Å². The van der Waals surface area contributed by atoms with Gasteiger partial charge in [0.2, 0.25) is 0 Å². The second kappa shape index (κ2) is 4.90. The van der Waals surface area contributed by atoms with Crippen LogP contribution in [0.4, 0.5) is 5.82 Å². The van der Waals surface area contributed by atoms with Crippen molar-refractivity contribution in [2.24, 2.45) is 0 Å². The fourth-order valence-electron chi connectivity index (χ4n) is 2.94. The van der Waals surface area contributed by atoms with Crippen molar-refractivity contribution in [3.05, 3.63) is 18.3 Å². The van der Waals surface area contributed by atoms with Crippen LogP contribution in [0.1, 0.15) is 58.8 Å². The fraction of sp³-hybridized carbons (Fsp3) is 0.625. The van der Waals surface area contributed by atoms with Crippen LogP contribution < -0.4 is 5.73 Å². The lowest BCUT2D eigenvalue weighted by Crippen LogP contribution is -2.25. The minimum Gasteiger partial charge on any atom is -0.383 e. The summed E-state index contributed by atoms with van der Waals surface area (Å²) in [6.07, 6.45) is 8.25. The molecule has 1 fully saturated rings. The average Bonchev–Trinajstić information content (AvgIpc) is 3.02. The smallest absolute Gasteiger partial charge is 0.133 e. The standard InChI is InChI=1S/C16H25N5/c1-5-6-13-19-14(15(17)21(13)16(2,3)4)12-9-18-10-20(12)11-7-8-11/h9-11H,5-8,17H2,1-4H3. The number of aryl methyl sites for hydroxylation is 1. The van der Waals surface area contributed by atoms with E-state index in [-0.39, 0.29) is 5.54 Å². The van der Waals surface area contributed by atoms with Gasteiger partial charge in [-0.05, 0) is 40.0 Å². The van der Waals surface area contributed by atoms with Crippen LogP contribution in [-0.2, 0) is 12.0 Å². The molecule has 0 unspecified atom stereocenters. The lowest BCUT2D eigenvalue weighted by atomic mass is 10.1. The minimum absolute atomic E-state index is 0.0652. The van der Waals surface area contributed by atoms with Crippen LogP contribution in [0.25, 0.3) is 11.4 Å². The van der Waals surface area contributed by atoms with Crippen LogP contribution >= 0.6 is 0 Å². The highest BCUT2D eigenvalue weighted by molar-refractivity contribution is 5.68. The van der Waals surface area contributed by atoms with Gasteiger partial charge < -0.3 is 14.9 Å². The molecule has 1 aliphatic carbocycles. The molecule has 114 valence electrons. The molecule has 0 atom stereocenters. The Morgan fingerprint density at radius 3 is 2.62 bits per heavy atom. The van der Waals surface area contributed by atoms with Gasteiger partial charge in [0.05, 0.1) is 18.2 Å². The summed E-state index contributed by atoms with van der Waals surface area (Å²) in [5, 5.41) is 0. The van der Waals surface area contributed by atoms with Crippen LogP contribution in [0, 0.1) is 0 Å². The number of nitrogen functional groups attached to an aromatic ring is 1. The zero-order valence-electron chi connectivity index (χ0n) is 13.4. The Morgan fingerprint density at radius 1 is 1.33 bits per heavy atom. The molecule has 5 heteroatoms. The minimum atomic E-state index is -0.0652. The molecule has 21 heavy (non-hydrogen) atoms. The van der Waals surface area contributed by atoms with E-state index < -0.39 is 0 Å². The van der Waals surface area contributed by atoms with Crippen molar-refractivity contribution in [1.82, 2.24) is 19.1 Å². The first-order valence-corrected chi connectivity index (χ1v) is 7.83. The fourth-order valence-corrected chi connectivity index (χ4v) is 2.94. The quantitative estimate of drug-likeness (QED) is 0.937. The second-order valence-electron chi connectivity index (χ2n) is 6.94. The highest BCUT2D eigenvalue weighted by Gasteiger charge is 2.29. The van der Waals surface area contributed by atoms with E-state index in [2.05, 4.69) is 41.8 Å². The second-order valence-corrected chi connectivity index (χ2v) is 6.94. The third-order valence-corrected chi connectivity index (χ3v) is 3.98. The summed E-state index contributed by atoms with van der Waals surface area (Å²) in [5.41, 5.74) is 8.33. The van der Waals surface area contributed by atoms with E-state index in [1.54, 1.807) is 0 Å². The largest absolute Gasteiger partial charge is 0.383 e. The number of nitrogens with two attached hydrogens (primary N) is 1. The Bertz CT molecular complexity index is 640. The molecule has 2 N–H and O–H groups in total. The Balaban J connectivity index is 2.12. The van der Waals surface area contributed by atoms with Gasteiger partial charge >= 0.3 is 0 Å². The van der Waals surface area contributed by atoms with E-state index in [1.165, 1.54) is 12.8 Å². The highest BCUT2D eigenvalue weighted by atomic mass is 15.2.